The first-order valence-electron chi connectivity index (χ1n) is 7.22. The number of halogens is 1. The van der Waals surface area contributed by atoms with Gasteiger partial charge >= 0.3 is 0 Å². The molecule has 4 nitrogen and oxygen atoms in total. The summed E-state index contributed by atoms with van der Waals surface area (Å²) in [7, 11) is 0. The van der Waals surface area contributed by atoms with Crippen molar-refractivity contribution in [2.75, 3.05) is 13.1 Å². The number of carbonyl (C=O) groups excluding carboxylic acids is 1. The summed E-state index contributed by atoms with van der Waals surface area (Å²) in [6.45, 7) is 3.49. The van der Waals surface area contributed by atoms with Gasteiger partial charge in [-0.25, -0.2) is 0 Å². The smallest absolute Gasteiger partial charge is 0.265 e. The topological polar surface area (TPSA) is 59.2 Å². The molecule has 2 heterocycles. The number of hydrogen-bond acceptors (Lipinski definition) is 4. The van der Waals surface area contributed by atoms with Gasteiger partial charge in [0.2, 0.25) is 0 Å². The van der Waals surface area contributed by atoms with Crippen LogP contribution in [0.15, 0.2) is 36.4 Å². The monoisotopic (exact) mass is 337 g/mol. The molecule has 6 heteroatoms. The summed E-state index contributed by atoms with van der Waals surface area (Å²) in [4.78, 5) is 15.3. The molecule has 2 N–H and O–H groups in total. The molecular formula is C16H20ClN3OS. The van der Waals surface area contributed by atoms with Gasteiger partial charge in [-0.3, -0.25) is 4.79 Å². The van der Waals surface area contributed by atoms with Crippen LogP contribution in [0.5, 0.6) is 0 Å². The Morgan fingerprint density at radius 3 is 2.77 bits per heavy atom. The molecule has 1 aromatic heterocycles. The van der Waals surface area contributed by atoms with Gasteiger partial charge < -0.3 is 10.6 Å². The Balaban J connectivity index is 0.00000176. The summed E-state index contributed by atoms with van der Waals surface area (Å²) in [6.07, 6.45) is 0.993. The van der Waals surface area contributed by atoms with E-state index in [9.17, 15) is 4.79 Å². The first-order chi connectivity index (χ1) is 10.2. The molecule has 3 rings (SSSR count). The number of amides is 1. The van der Waals surface area contributed by atoms with Crippen LogP contribution in [0, 0.1) is 5.92 Å². The highest BCUT2D eigenvalue weighted by Gasteiger charge is 2.32. The summed E-state index contributed by atoms with van der Waals surface area (Å²) in [5.41, 5.74) is 7.64. The predicted molar refractivity (Wildman–Crippen MR) is 92.5 cm³/mol. The minimum Gasteiger partial charge on any atom is -0.335 e. The Morgan fingerprint density at radius 2 is 2.14 bits per heavy atom. The molecule has 118 valence electrons. The van der Waals surface area contributed by atoms with E-state index in [1.54, 1.807) is 0 Å². The number of likely N-dealkylation sites (tertiary alicyclic amines) is 1. The zero-order chi connectivity index (χ0) is 14.8. The van der Waals surface area contributed by atoms with Gasteiger partial charge in [-0.05, 0) is 43.4 Å². The van der Waals surface area contributed by atoms with Crippen LogP contribution in [-0.2, 0) is 0 Å². The Morgan fingerprint density at radius 1 is 1.41 bits per heavy atom. The third kappa shape index (κ3) is 3.32. The minimum atomic E-state index is 0. The Bertz CT molecular complexity index is 631. The van der Waals surface area contributed by atoms with Crippen molar-refractivity contribution in [3.8, 4) is 11.3 Å². The second-order valence-electron chi connectivity index (χ2n) is 5.59. The number of aromatic nitrogens is 1. The van der Waals surface area contributed by atoms with Gasteiger partial charge in [-0.2, -0.15) is 4.37 Å². The summed E-state index contributed by atoms with van der Waals surface area (Å²) >= 11 is 1.28. The summed E-state index contributed by atoms with van der Waals surface area (Å²) < 4.78 is 4.41. The van der Waals surface area contributed by atoms with E-state index in [0.29, 0.717) is 17.3 Å². The SMILES string of the molecule is CC1CC(CN)CN1C(=O)c1cc(-c2ccccc2)ns1.Cl. The average Bonchev–Trinajstić information content (AvgIpc) is 3.14. The standard InChI is InChI=1S/C16H19N3OS.ClH/c1-11-7-12(9-17)10-19(11)16(20)15-8-14(18-21-15)13-5-3-2-4-6-13;/h2-6,8,11-12H,7,9-10,17H2,1H3;1H. The number of rotatable bonds is 3. The average molecular weight is 338 g/mol. The molecule has 1 fully saturated rings. The maximum Gasteiger partial charge on any atom is 0.265 e. The van der Waals surface area contributed by atoms with Crippen LogP contribution in [0.2, 0.25) is 0 Å². The molecular weight excluding hydrogens is 318 g/mol. The molecule has 1 saturated heterocycles. The molecule has 0 spiro atoms. The summed E-state index contributed by atoms with van der Waals surface area (Å²) in [5.74, 6) is 0.503. The fourth-order valence-corrected chi connectivity index (χ4v) is 3.57. The van der Waals surface area contributed by atoms with Crippen molar-refractivity contribution in [2.45, 2.75) is 19.4 Å². The van der Waals surface area contributed by atoms with Crippen LogP contribution < -0.4 is 5.73 Å². The molecule has 22 heavy (non-hydrogen) atoms. The van der Waals surface area contributed by atoms with E-state index < -0.39 is 0 Å². The molecule has 2 atom stereocenters. The van der Waals surface area contributed by atoms with Crippen LogP contribution >= 0.6 is 23.9 Å². The van der Waals surface area contributed by atoms with E-state index in [-0.39, 0.29) is 24.4 Å². The van der Waals surface area contributed by atoms with Gasteiger partial charge in [0.1, 0.15) is 4.88 Å². The number of carbonyl (C=O) groups is 1. The Hall–Kier alpha value is -1.43. The molecule has 0 saturated carbocycles. The number of nitrogens with zero attached hydrogens (tertiary/aromatic N) is 2. The second-order valence-corrected chi connectivity index (χ2v) is 6.39. The molecule has 0 aliphatic carbocycles. The van der Waals surface area contributed by atoms with E-state index in [4.69, 9.17) is 5.73 Å². The fourth-order valence-electron chi connectivity index (χ4n) is 2.86. The van der Waals surface area contributed by atoms with Crippen molar-refractivity contribution in [2.24, 2.45) is 11.7 Å². The molecule has 2 unspecified atom stereocenters. The van der Waals surface area contributed by atoms with E-state index in [2.05, 4.69) is 11.3 Å². The highest BCUT2D eigenvalue weighted by atomic mass is 35.5. The first kappa shape index (κ1) is 16.9. The van der Waals surface area contributed by atoms with E-state index >= 15 is 0 Å². The molecule has 1 amide bonds. The number of benzene rings is 1. The molecule has 1 aliphatic heterocycles. The molecule has 1 aliphatic rings. The second kappa shape index (κ2) is 7.22. The maximum absolute atomic E-state index is 12.6. The summed E-state index contributed by atoms with van der Waals surface area (Å²) in [5, 5.41) is 0. The van der Waals surface area contributed by atoms with Crippen molar-refractivity contribution >= 4 is 29.8 Å². The summed E-state index contributed by atoms with van der Waals surface area (Å²) in [6, 6.07) is 12.1. The lowest BCUT2D eigenvalue weighted by atomic mass is 10.1. The maximum atomic E-state index is 12.6. The van der Waals surface area contributed by atoms with Crippen molar-refractivity contribution in [3.63, 3.8) is 0 Å². The quantitative estimate of drug-likeness (QED) is 0.936. The fraction of sp³-hybridized carbons (Fsp3) is 0.375. The van der Waals surface area contributed by atoms with Crippen LogP contribution in [-0.4, -0.2) is 34.3 Å². The Labute approximate surface area is 140 Å². The lowest BCUT2D eigenvalue weighted by Gasteiger charge is -2.20. The van der Waals surface area contributed by atoms with Crippen molar-refractivity contribution < 1.29 is 4.79 Å². The Kier molecular flexibility index (Phi) is 5.56. The number of nitrogens with two attached hydrogens (primary N) is 1. The van der Waals surface area contributed by atoms with Crippen molar-refractivity contribution in [1.82, 2.24) is 9.27 Å². The van der Waals surface area contributed by atoms with Crippen molar-refractivity contribution in [3.05, 3.63) is 41.3 Å². The van der Waals surface area contributed by atoms with E-state index in [0.717, 1.165) is 24.2 Å². The third-order valence-corrected chi connectivity index (χ3v) is 4.82. The molecule has 2 aromatic rings. The van der Waals surface area contributed by atoms with Gasteiger partial charge in [0, 0.05) is 18.2 Å². The van der Waals surface area contributed by atoms with Gasteiger partial charge in [0.25, 0.3) is 5.91 Å². The largest absolute Gasteiger partial charge is 0.335 e. The van der Waals surface area contributed by atoms with Crippen LogP contribution in [0.25, 0.3) is 11.3 Å². The lowest BCUT2D eigenvalue weighted by molar-refractivity contribution is 0.0748. The zero-order valence-corrected chi connectivity index (χ0v) is 14.1. The minimum absolute atomic E-state index is 0. The van der Waals surface area contributed by atoms with Crippen LogP contribution in [0.4, 0.5) is 0 Å². The van der Waals surface area contributed by atoms with Crippen molar-refractivity contribution in [1.29, 1.82) is 0 Å². The number of hydrogen-bond donors (Lipinski definition) is 1. The third-order valence-electron chi connectivity index (χ3n) is 4.05. The highest BCUT2D eigenvalue weighted by molar-refractivity contribution is 7.08. The van der Waals surface area contributed by atoms with Crippen LogP contribution in [0.3, 0.4) is 0 Å². The normalized spacial score (nSPS) is 20.7. The van der Waals surface area contributed by atoms with Crippen LogP contribution in [0.1, 0.15) is 23.0 Å². The van der Waals surface area contributed by atoms with Gasteiger partial charge in [0.15, 0.2) is 0 Å². The molecule has 1 aromatic carbocycles. The first-order valence-corrected chi connectivity index (χ1v) is 7.99. The highest BCUT2D eigenvalue weighted by Crippen LogP contribution is 2.27. The van der Waals surface area contributed by atoms with E-state index in [1.807, 2.05) is 41.3 Å². The van der Waals surface area contributed by atoms with Gasteiger partial charge in [-0.15, -0.1) is 12.4 Å². The lowest BCUT2D eigenvalue weighted by Crippen LogP contribution is -2.33. The van der Waals surface area contributed by atoms with E-state index in [1.165, 1.54) is 11.5 Å². The predicted octanol–water partition coefficient (Wildman–Crippen LogP) is 3.04. The zero-order valence-electron chi connectivity index (χ0n) is 12.4. The molecule has 0 bridgehead atoms. The van der Waals surface area contributed by atoms with Gasteiger partial charge in [0.05, 0.1) is 5.69 Å². The van der Waals surface area contributed by atoms with Gasteiger partial charge in [-0.1, -0.05) is 30.3 Å². The molecule has 0 radical (unpaired) electrons.